The first-order chi connectivity index (χ1) is 19.2. The first-order valence-electron chi connectivity index (χ1n) is 15.0. The summed E-state index contributed by atoms with van der Waals surface area (Å²) < 4.78 is 4.62. The van der Waals surface area contributed by atoms with Gasteiger partial charge in [-0.1, -0.05) is 87.6 Å². The van der Waals surface area contributed by atoms with E-state index in [0.717, 1.165) is 48.1 Å². The van der Waals surface area contributed by atoms with Crippen molar-refractivity contribution < 1.29 is 0 Å². The monoisotopic (exact) mass is 524 g/mol. The fourth-order valence-electron chi connectivity index (χ4n) is 6.98. The highest BCUT2D eigenvalue weighted by molar-refractivity contribution is 5.80. The van der Waals surface area contributed by atoms with Crippen molar-refractivity contribution in [3.05, 3.63) is 75.7 Å². The van der Waals surface area contributed by atoms with Gasteiger partial charge in [0, 0.05) is 29.8 Å². The summed E-state index contributed by atoms with van der Waals surface area (Å²) in [4.78, 5) is 14.1. The smallest absolute Gasteiger partial charge is 0.270 e. The van der Waals surface area contributed by atoms with E-state index in [4.69, 9.17) is 0 Å². The summed E-state index contributed by atoms with van der Waals surface area (Å²) in [6.07, 6.45) is 14.1. The number of aromatic nitrogens is 6. The van der Waals surface area contributed by atoms with E-state index in [1.807, 2.05) is 18.2 Å². The van der Waals surface area contributed by atoms with Gasteiger partial charge < -0.3 is 0 Å². The molecule has 1 N–H and O–H groups in total. The first-order valence-corrected chi connectivity index (χ1v) is 15.0. The Hall–Kier alpha value is -3.48. The third-order valence-corrected chi connectivity index (χ3v) is 8.95. The third-order valence-electron chi connectivity index (χ3n) is 8.95. The van der Waals surface area contributed by atoms with Gasteiger partial charge in [0.25, 0.3) is 5.56 Å². The van der Waals surface area contributed by atoms with Crippen LogP contribution in [0.2, 0.25) is 0 Å². The van der Waals surface area contributed by atoms with Gasteiger partial charge in [0.05, 0.1) is 6.04 Å². The lowest BCUT2D eigenvalue weighted by molar-refractivity contribution is 0.164. The number of hydrogen-bond donors (Lipinski definition) is 1. The van der Waals surface area contributed by atoms with Gasteiger partial charge in [-0.25, -0.2) is 9.78 Å². The van der Waals surface area contributed by atoms with E-state index in [1.54, 1.807) is 0 Å². The summed E-state index contributed by atoms with van der Waals surface area (Å²) in [5.74, 6) is 1.31. The fraction of sp³-hybridized carbons (Fsp3) is 0.500. The van der Waals surface area contributed by atoms with Crippen LogP contribution in [0, 0.1) is 5.92 Å². The molecule has 1 fully saturated rings. The van der Waals surface area contributed by atoms with Gasteiger partial charge in [-0.15, -0.1) is 5.10 Å². The molecule has 7 heteroatoms. The molecule has 1 atom stereocenters. The summed E-state index contributed by atoms with van der Waals surface area (Å²) in [5.41, 5.74) is 6.93. The maximum atomic E-state index is 14.1. The van der Waals surface area contributed by atoms with E-state index in [2.05, 4.69) is 67.2 Å². The molecule has 2 aromatic heterocycles. The Bertz CT molecular complexity index is 1430. The van der Waals surface area contributed by atoms with E-state index in [0.29, 0.717) is 24.2 Å². The Kier molecular flexibility index (Phi) is 7.75. The second kappa shape index (κ2) is 11.7. The van der Waals surface area contributed by atoms with Crippen LogP contribution in [0.5, 0.6) is 0 Å². The first kappa shape index (κ1) is 25.8. The molecule has 1 saturated carbocycles. The number of H-pyrrole nitrogens is 1. The average Bonchev–Trinajstić information content (AvgIpc) is 3.62. The molecule has 2 aromatic carbocycles. The second-order valence-corrected chi connectivity index (χ2v) is 11.4. The summed E-state index contributed by atoms with van der Waals surface area (Å²) in [6, 6.07) is 17.2. The van der Waals surface area contributed by atoms with E-state index in [1.165, 1.54) is 62.6 Å². The van der Waals surface area contributed by atoms with Crippen molar-refractivity contribution >= 4 is 0 Å². The van der Waals surface area contributed by atoms with E-state index >= 15 is 0 Å². The van der Waals surface area contributed by atoms with Gasteiger partial charge in [0.2, 0.25) is 0 Å². The van der Waals surface area contributed by atoms with E-state index < -0.39 is 0 Å². The zero-order valence-corrected chi connectivity index (χ0v) is 23.1. The molecule has 2 aliphatic rings. The van der Waals surface area contributed by atoms with Crippen LogP contribution in [0.3, 0.4) is 0 Å². The van der Waals surface area contributed by atoms with Crippen LogP contribution < -0.4 is 5.56 Å². The van der Waals surface area contributed by atoms with Gasteiger partial charge in [-0.2, -0.15) is 0 Å². The van der Waals surface area contributed by atoms with Crippen molar-refractivity contribution in [1.29, 1.82) is 0 Å². The molecule has 204 valence electrons. The minimum Gasteiger partial charge on any atom is -0.286 e. The number of fused-ring (bicyclic) bond motifs is 1. The molecular weight excluding hydrogens is 484 g/mol. The molecule has 0 radical (unpaired) electrons. The maximum absolute atomic E-state index is 14.1. The highest BCUT2D eigenvalue weighted by atomic mass is 16.1. The minimum absolute atomic E-state index is 0.268. The Morgan fingerprint density at radius 3 is 2.46 bits per heavy atom. The van der Waals surface area contributed by atoms with Crippen LogP contribution in [0.4, 0.5) is 0 Å². The van der Waals surface area contributed by atoms with Crippen LogP contribution in [0.1, 0.15) is 94.0 Å². The quantitative estimate of drug-likeness (QED) is 0.246. The number of unbranched alkanes of at least 4 members (excludes halogenated alkanes) is 2. The summed E-state index contributed by atoms with van der Waals surface area (Å²) in [6.45, 7) is 3.23. The lowest BCUT2D eigenvalue weighted by Gasteiger charge is -2.35. The lowest BCUT2D eigenvalue weighted by Crippen LogP contribution is -2.37. The minimum atomic E-state index is 0.268. The van der Waals surface area contributed by atoms with Gasteiger partial charge in [0.15, 0.2) is 5.82 Å². The van der Waals surface area contributed by atoms with Gasteiger partial charge in [0.1, 0.15) is 0 Å². The number of aromatic amines is 1. The number of nitrogens with zero attached hydrogens (tertiary/aromatic N) is 5. The van der Waals surface area contributed by atoms with Crippen molar-refractivity contribution in [3.8, 4) is 22.5 Å². The number of hydrogen-bond acceptors (Lipinski definition) is 4. The van der Waals surface area contributed by atoms with Crippen LogP contribution in [0.15, 0.2) is 53.3 Å². The third kappa shape index (κ3) is 5.23. The van der Waals surface area contributed by atoms with Gasteiger partial charge in [-0.3, -0.25) is 9.48 Å². The Morgan fingerprint density at radius 2 is 1.72 bits per heavy atom. The predicted octanol–water partition coefficient (Wildman–Crippen LogP) is 6.74. The molecule has 6 rings (SSSR count). The Balaban J connectivity index is 1.32. The fourth-order valence-corrected chi connectivity index (χ4v) is 6.98. The Morgan fingerprint density at radius 1 is 0.923 bits per heavy atom. The van der Waals surface area contributed by atoms with Crippen LogP contribution >= 0.6 is 0 Å². The second-order valence-electron chi connectivity index (χ2n) is 11.4. The van der Waals surface area contributed by atoms with E-state index in [-0.39, 0.29) is 5.56 Å². The molecule has 3 heterocycles. The zero-order valence-electron chi connectivity index (χ0n) is 23.1. The van der Waals surface area contributed by atoms with Gasteiger partial charge in [-0.05, 0) is 71.6 Å². The number of benzene rings is 2. The van der Waals surface area contributed by atoms with Gasteiger partial charge >= 0.3 is 0 Å². The molecule has 1 unspecified atom stereocenters. The summed E-state index contributed by atoms with van der Waals surface area (Å²) in [5, 5.41) is 14.5. The SMILES string of the molecule is CCCCCc1c(Cc2ccc(-c3ccccc3-c3nnn[nH]3)cc2)c(=O)n2n1CCCC2C1CCCCC1. The summed E-state index contributed by atoms with van der Waals surface area (Å²) >= 11 is 0. The Labute approximate surface area is 230 Å². The molecule has 4 aromatic rings. The highest BCUT2D eigenvalue weighted by Gasteiger charge is 2.33. The molecular formula is C32H40N6O. The van der Waals surface area contributed by atoms with E-state index in [9.17, 15) is 4.79 Å². The topological polar surface area (TPSA) is 81.4 Å². The number of tetrazole rings is 1. The molecule has 39 heavy (non-hydrogen) atoms. The number of nitrogens with one attached hydrogen (secondary N) is 1. The van der Waals surface area contributed by atoms with Crippen molar-refractivity contribution in [2.75, 3.05) is 0 Å². The van der Waals surface area contributed by atoms with Crippen molar-refractivity contribution in [2.24, 2.45) is 5.92 Å². The van der Waals surface area contributed by atoms with Crippen LogP contribution in [-0.2, 0) is 19.4 Å². The largest absolute Gasteiger partial charge is 0.286 e. The van der Waals surface area contributed by atoms with Crippen molar-refractivity contribution in [2.45, 2.75) is 96.6 Å². The molecule has 1 aliphatic heterocycles. The van der Waals surface area contributed by atoms with Crippen molar-refractivity contribution in [1.82, 2.24) is 30.0 Å². The predicted molar refractivity (Wildman–Crippen MR) is 155 cm³/mol. The molecule has 0 bridgehead atoms. The van der Waals surface area contributed by atoms with Crippen molar-refractivity contribution in [3.63, 3.8) is 0 Å². The molecule has 0 spiro atoms. The normalized spacial score (nSPS) is 17.8. The zero-order chi connectivity index (χ0) is 26.6. The molecule has 0 saturated heterocycles. The lowest BCUT2D eigenvalue weighted by atomic mass is 9.82. The average molecular weight is 525 g/mol. The molecule has 7 nitrogen and oxygen atoms in total. The number of rotatable bonds is 9. The highest BCUT2D eigenvalue weighted by Crippen LogP contribution is 2.38. The summed E-state index contributed by atoms with van der Waals surface area (Å²) in [7, 11) is 0. The molecule has 0 amide bonds. The standard InChI is InChI=1S/C32H40N6O/c1-2-3-5-15-30-28(32(39)38-29(16-10-21-37(30)38)25-11-6-4-7-12-25)22-23-17-19-24(20-18-23)26-13-8-9-14-27(26)31-33-35-36-34-31/h8-9,13-14,17-20,25,29H,2-7,10-12,15-16,21-22H2,1H3,(H,33,34,35,36). The van der Waals surface area contributed by atoms with Crippen LogP contribution in [0.25, 0.3) is 22.5 Å². The van der Waals surface area contributed by atoms with Crippen LogP contribution in [-0.4, -0.2) is 30.0 Å². The molecule has 1 aliphatic carbocycles. The maximum Gasteiger partial charge on any atom is 0.270 e.